The van der Waals surface area contributed by atoms with E-state index >= 15 is 0 Å². The first kappa shape index (κ1) is 14.9. The highest BCUT2D eigenvalue weighted by Gasteiger charge is 2.69. The van der Waals surface area contributed by atoms with Crippen LogP contribution < -0.4 is 0 Å². The summed E-state index contributed by atoms with van der Waals surface area (Å²) in [5, 5.41) is 6.22. The van der Waals surface area contributed by atoms with Crippen LogP contribution in [-0.2, 0) is 4.84 Å². The van der Waals surface area contributed by atoms with Crippen LogP contribution in [0, 0.1) is 23.7 Å². The maximum absolute atomic E-state index is 6.27. The zero-order valence-electron chi connectivity index (χ0n) is 13.6. The Morgan fingerprint density at radius 3 is 2.64 bits per heavy atom. The van der Waals surface area contributed by atoms with Crippen molar-refractivity contribution in [1.29, 1.82) is 0 Å². The quantitative estimate of drug-likeness (QED) is 0.664. The van der Waals surface area contributed by atoms with Crippen molar-refractivity contribution in [3.63, 3.8) is 0 Å². The van der Waals surface area contributed by atoms with Crippen LogP contribution in [0.4, 0.5) is 0 Å². The Bertz CT molecular complexity index is 686. The predicted octanol–water partition coefficient (Wildman–Crippen LogP) is 5.62. The van der Waals surface area contributed by atoms with Gasteiger partial charge >= 0.3 is 0 Å². The summed E-state index contributed by atoms with van der Waals surface area (Å²) in [7, 11) is 0. The van der Waals surface area contributed by atoms with Gasteiger partial charge in [-0.05, 0) is 42.7 Å². The molecule has 2 nitrogen and oxygen atoms in total. The van der Waals surface area contributed by atoms with Crippen molar-refractivity contribution in [3.05, 3.63) is 34.3 Å². The smallest absolute Gasteiger partial charge is 0.194 e. The van der Waals surface area contributed by atoms with Crippen LogP contribution in [0.3, 0.4) is 0 Å². The normalized spacial score (nSPS) is 38.4. The molecule has 3 atom stereocenters. The molecule has 0 amide bonds. The third kappa shape index (κ3) is 1.91. The first-order valence-corrected chi connectivity index (χ1v) is 9.16. The third-order valence-corrected chi connectivity index (χ3v) is 8.01. The molecule has 0 radical (unpaired) electrons. The van der Waals surface area contributed by atoms with Gasteiger partial charge in [0.25, 0.3) is 0 Å². The maximum Gasteiger partial charge on any atom is 0.194 e. The van der Waals surface area contributed by atoms with Crippen LogP contribution in [0.25, 0.3) is 0 Å². The second-order valence-corrected chi connectivity index (χ2v) is 9.80. The SMILES string of the molecule is Cc1ccc(C2=NO[C@]3(C[C@H]4C[C@]3(C)CC4(C)C)S2)cc1Cl. The second kappa shape index (κ2) is 4.45. The molecule has 4 heteroatoms. The lowest BCUT2D eigenvalue weighted by Crippen LogP contribution is -2.43. The van der Waals surface area contributed by atoms with Gasteiger partial charge in [0.1, 0.15) is 5.04 Å². The Hall–Kier alpha value is -0.670. The van der Waals surface area contributed by atoms with E-state index in [1.54, 1.807) is 0 Å². The molecule has 2 bridgehead atoms. The summed E-state index contributed by atoms with van der Waals surface area (Å²) in [5.74, 6) is 0.737. The minimum Gasteiger partial charge on any atom is -0.376 e. The van der Waals surface area contributed by atoms with E-state index in [4.69, 9.17) is 16.4 Å². The van der Waals surface area contributed by atoms with Gasteiger partial charge in [-0.1, -0.05) is 61.4 Å². The van der Waals surface area contributed by atoms with Crippen LogP contribution in [0.2, 0.25) is 5.02 Å². The van der Waals surface area contributed by atoms with Crippen molar-refractivity contribution in [1.82, 2.24) is 0 Å². The van der Waals surface area contributed by atoms with E-state index in [0.29, 0.717) is 5.41 Å². The number of halogens is 1. The first-order valence-electron chi connectivity index (χ1n) is 7.96. The fourth-order valence-corrected chi connectivity index (χ4v) is 6.28. The van der Waals surface area contributed by atoms with E-state index in [2.05, 4.69) is 38.1 Å². The lowest BCUT2D eigenvalue weighted by atomic mass is 9.71. The third-order valence-electron chi connectivity index (χ3n) is 6.04. The van der Waals surface area contributed by atoms with Crippen molar-refractivity contribution in [2.75, 3.05) is 0 Å². The average molecular weight is 336 g/mol. The fraction of sp³-hybridized carbons (Fsp3) is 0.611. The molecule has 0 aromatic heterocycles. The summed E-state index contributed by atoms with van der Waals surface area (Å²) in [6.45, 7) is 9.20. The average Bonchev–Trinajstić information content (AvgIpc) is 3.03. The van der Waals surface area contributed by atoms with E-state index < -0.39 is 0 Å². The molecule has 2 aliphatic carbocycles. The number of hydrogen-bond acceptors (Lipinski definition) is 3. The number of hydrogen-bond donors (Lipinski definition) is 0. The molecule has 1 heterocycles. The zero-order chi connectivity index (χ0) is 15.8. The Labute approximate surface area is 141 Å². The van der Waals surface area contributed by atoms with Crippen molar-refractivity contribution in [2.45, 2.75) is 51.9 Å². The van der Waals surface area contributed by atoms with Gasteiger partial charge in [0, 0.05) is 22.4 Å². The predicted molar refractivity (Wildman–Crippen MR) is 93.4 cm³/mol. The molecule has 0 N–H and O–H groups in total. The number of benzene rings is 1. The van der Waals surface area contributed by atoms with E-state index in [1.807, 2.05) is 24.8 Å². The topological polar surface area (TPSA) is 21.6 Å². The number of aryl methyl sites for hydroxylation is 1. The Morgan fingerprint density at radius 2 is 2.05 bits per heavy atom. The summed E-state index contributed by atoms with van der Waals surface area (Å²) in [5.41, 5.74) is 2.81. The fourth-order valence-electron chi connectivity index (χ4n) is 4.71. The van der Waals surface area contributed by atoms with Gasteiger partial charge in [0.15, 0.2) is 4.93 Å². The Balaban J connectivity index is 1.62. The maximum atomic E-state index is 6.27. The van der Waals surface area contributed by atoms with Gasteiger partial charge in [0.2, 0.25) is 0 Å². The van der Waals surface area contributed by atoms with Gasteiger partial charge in [-0.3, -0.25) is 0 Å². The van der Waals surface area contributed by atoms with E-state index in [0.717, 1.165) is 33.5 Å². The number of rotatable bonds is 1. The summed E-state index contributed by atoms with van der Waals surface area (Å²) < 4.78 is 0. The summed E-state index contributed by atoms with van der Waals surface area (Å²) in [6.07, 6.45) is 3.58. The number of thioether (sulfide) groups is 1. The van der Waals surface area contributed by atoms with Crippen molar-refractivity contribution >= 4 is 28.4 Å². The standard InChI is InChI=1S/C18H22ClNOS/c1-11-5-6-12(7-14(11)19)15-20-21-18(22-15)9-13-8-17(18,4)10-16(13,2)3/h5-7,13H,8-10H2,1-4H3/t13-,17-,18-/m1/s1. The lowest BCUT2D eigenvalue weighted by Gasteiger charge is -2.43. The largest absolute Gasteiger partial charge is 0.376 e. The Morgan fingerprint density at radius 1 is 1.27 bits per heavy atom. The van der Waals surface area contributed by atoms with E-state index in [9.17, 15) is 0 Å². The van der Waals surface area contributed by atoms with Crippen molar-refractivity contribution < 1.29 is 4.84 Å². The molecule has 1 aliphatic heterocycles. The van der Waals surface area contributed by atoms with Crippen molar-refractivity contribution in [3.8, 4) is 0 Å². The Kier molecular flexibility index (Phi) is 3.01. The highest BCUT2D eigenvalue weighted by molar-refractivity contribution is 8.15. The molecular weight excluding hydrogens is 314 g/mol. The van der Waals surface area contributed by atoms with Crippen LogP contribution in [0.15, 0.2) is 23.4 Å². The number of fused-ring (bicyclic) bond motifs is 3. The first-order chi connectivity index (χ1) is 10.2. The minimum absolute atomic E-state index is 0.167. The molecule has 22 heavy (non-hydrogen) atoms. The van der Waals surface area contributed by atoms with Gasteiger partial charge in [-0.2, -0.15) is 0 Å². The van der Waals surface area contributed by atoms with Crippen LogP contribution >= 0.6 is 23.4 Å². The van der Waals surface area contributed by atoms with E-state index in [-0.39, 0.29) is 10.3 Å². The van der Waals surface area contributed by atoms with Crippen LogP contribution in [0.5, 0.6) is 0 Å². The van der Waals surface area contributed by atoms with Gasteiger partial charge in [0.05, 0.1) is 0 Å². The summed E-state index contributed by atoms with van der Waals surface area (Å²) >= 11 is 8.09. The van der Waals surface area contributed by atoms with Crippen molar-refractivity contribution in [2.24, 2.45) is 21.9 Å². The molecule has 118 valence electrons. The van der Waals surface area contributed by atoms with Gasteiger partial charge in [-0.15, -0.1) is 0 Å². The second-order valence-electron chi connectivity index (χ2n) is 8.14. The molecule has 1 aromatic carbocycles. The molecular formula is C18H22ClNOS. The summed E-state index contributed by atoms with van der Waals surface area (Å²) in [4.78, 5) is 5.91. The van der Waals surface area contributed by atoms with Crippen LogP contribution in [0.1, 0.15) is 51.2 Å². The minimum atomic E-state index is -0.167. The molecule has 3 aliphatic rings. The monoisotopic (exact) mass is 335 g/mol. The number of oxime groups is 1. The van der Waals surface area contributed by atoms with E-state index in [1.165, 1.54) is 12.8 Å². The highest BCUT2D eigenvalue weighted by Crippen LogP contribution is 2.72. The molecule has 4 rings (SSSR count). The lowest BCUT2D eigenvalue weighted by molar-refractivity contribution is -0.0632. The highest BCUT2D eigenvalue weighted by atomic mass is 35.5. The molecule has 1 aromatic rings. The molecule has 2 saturated carbocycles. The molecule has 2 fully saturated rings. The van der Waals surface area contributed by atoms with Crippen LogP contribution in [-0.4, -0.2) is 9.98 Å². The van der Waals surface area contributed by atoms with Gasteiger partial charge in [-0.25, -0.2) is 0 Å². The van der Waals surface area contributed by atoms with Gasteiger partial charge < -0.3 is 4.84 Å². The number of nitrogens with zero attached hydrogens (tertiary/aromatic N) is 1. The summed E-state index contributed by atoms with van der Waals surface area (Å²) in [6, 6.07) is 6.15. The molecule has 0 unspecified atom stereocenters. The molecule has 0 saturated heterocycles. The zero-order valence-corrected chi connectivity index (χ0v) is 15.1. The molecule has 1 spiro atoms.